The minimum atomic E-state index is -0.126. The predicted molar refractivity (Wildman–Crippen MR) is 94.2 cm³/mol. The molecule has 1 aliphatic rings. The van der Waals surface area contributed by atoms with E-state index in [1.165, 1.54) is 0 Å². The summed E-state index contributed by atoms with van der Waals surface area (Å²) in [6, 6.07) is 7.73. The molecule has 132 valence electrons. The predicted octanol–water partition coefficient (Wildman–Crippen LogP) is 2.17. The molecular weight excluding hydrogens is 306 g/mol. The SMILES string of the molecule is Cc1ccc(N2CCN(CC(=O)NCCCOC(C)C)C2=O)cc1. The molecule has 6 heteroatoms. The average Bonchev–Trinajstić information content (AvgIpc) is 2.88. The molecule has 1 saturated heterocycles. The lowest BCUT2D eigenvalue weighted by molar-refractivity contribution is -0.121. The first-order valence-electron chi connectivity index (χ1n) is 8.49. The van der Waals surface area contributed by atoms with Crippen LogP contribution in [0.3, 0.4) is 0 Å². The number of carbonyl (C=O) groups excluding carboxylic acids is 2. The Balaban J connectivity index is 1.74. The molecule has 1 fully saturated rings. The monoisotopic (exact) mass is 333 g/mol. The van der Waals surface area contributed by atoms with Crippen molar-refractivity contribution in [2.24, 2.45) is 0 Å². The van der Waals surface area contributed by atoms with E-state index in [0.717, 1.165) is 17.7 Å². The van der Waals surface area contributed by atoms with Crippen LogP contribution >= 0.6 is 0 Å². The number of anilines is 1. The number of hydrogen-bond donors (Lipinski definition) is 1. The molecule has 1 aliphatic heterocycles. The van der Waals surface area contributed by atoms with Crippen molar-refractivity contribution in [3.8, 4) is 0 Å². The second kappa shape index (κ2) is 8.68. The molecule has 24 heavy (non-hydrogen) atoms. The van der Waals surface area contributed by atoms with E-state index in [0.29, 0.717) is 26.2 Å². The maximum absolute atomic E-state index is 12.4. The number of amides is 3. The molecular formula is C18H27N3O3. The number of benzene rings is 1. The first-order valence-corrected chi connectivity index (χ1v) is 8.49. The van der Waals surface area contributed by atoms with Crippen LogP contribution < -0.4 is 10.2 Å². The Bertz CT molecular complexity index is 557. The van der Waals surface area contributed by atoms with E-state index >= 15 is 0 Å². The summed E-state index contributed by atoms with van der Waals surface area (Å²) < 4.78 is 5.42. The van der Waals surface area contributed by atoms with Crippen molar-refractivity contribution >= 4 is 17.6 Å². The Kier molecular flexibility index (Phi) is 6.61. The normalized spacial score (nSPS) is 14.6. The molecule has 6 nitrogen and oxygen atoms in total. The lowest BCUT2D eigenvalue weighted by atomic mass is 10.2. The van der Waals surface area contributed by atoms with Crippen molar-refractivity contribution in [1.29, 1.82) is 0 Å². The summed E-state index contributed by atoms with van der Waals surface area (Å²) in [7, 11) is 0. The zero-order valence-electron chi connectivity index (χ0n) is 14.7. The van der Waals surface area contributed by atoms with Gasteiger partial charge < -0.3 is 15.0 Å². The van der Waals surface area contributed by atoms with Gasteiger partial charge >= 0.3 is 6.03 Å². The summed E-state index contributed by atoms with van der Waals surface area (Å²) in [6.07, 6.45) is 0.976. The van der Waals surface area contributed by atoms with Crippen LogP contribution in [0.5, 0.6) is 0 Å². The van der Waals surface area contributed by atoms with E-state index in [-0.39, 0.29) is 24.6 Å². The van der Waals surface area contributed by atoms with Crippen LogP contribution in [0.1, 0.15) is 25.8 Å². The van der Waals surface area contributed by atoms with Crippen LogP contribution in [0.15, 0.2) is 24.3 Å². The van der Waals surface area contributed by atoms with Crippen molar-refractivity contribution in [3.63, 3.8) is 0 Å². The summed E-state index contributed by atoms with van der Waals surface area (Å²) in [5.41, 5.74) is 2.03. The number of hydrogen-bond acceptors (Lipinski definition) is 3. The molecule has 2 rings (SSSR count). The van der Waals surface area contributed by atoms with Gasteiger partial charge in [-0.2, -0.15) is 0 Å². The second-order valence-corrected chi connectivity index (χ2v) is 6.31. The third-order valence-corrected chi connectivity index (χ3v) is 3.87. The van der Waals surface area contributed by atoms with Gasteiger partial charge in [0.1, 0.15) is 6.54 Å². The van der Waals surface area contributed by atoms with Crippen LogP contribution in [-0.4, -0.2) is 55.7 Å². The molecule has 0 radical (unpaired) electrons. The van der Waals surface area contributed by atoms with Gasteiger partial charge in [-0.3, -0.25) is 9.69 Å². The van der Waals surface area contributed by atoms with Crippen molar-refractivity contribution in [2.75, 3.05) is 37.7 Å². The fourth-order valence-electron chi connectivity index (χ4n) is 2.54. The number of aryl methyl sites for hydroxylation is 1. The number of nitrogens with one attached hydrogen (secondary N) is 1. The molecule has 1 N–H and O–H groups in total. The highest BCUT2D eigenvalue weighted by Gasteiger charge is 2.30. The summed E-state index contributed by atoms with van der Waals surface area (Å²) in [4.78, 5) is 27.7. The molecule has 0 spiro atoms. The second-order valence-electron chi connectivity index (χ2n) is 6.31. The zero-order chi connectivity index (χ0) is 17.5. The van der Waals surface area contributed by atoms with Gasteiger partial charge in [0.2, 0.25) is 5.91 Å². The molecule has 1 aromatic carbocycles. The van der Waals surface area contributed by atoms with Crippen molar-refractivity contribution < 1.29 is 14.3 Å². The van der Waals surface area contributed by atoms with Gasteiger partial charge in [-0.05, 0) is 39.3 Å². The first-order chi connectivity index (χ1) is 11.5. The van der Waals surface area contributed by atoms with E-state index in [2.05, 4.69) is 5.32 Å². The van der Waals surface area contributed by atoms with Gasteiger partial charge in [0, 0.05) is 31.9 Å². The summed E-state index contributed by atoms with van der Waals surface area (Å²) in [5.74, 6) is -0.126. The standard InChI is InChI=1S/C18H27N3O3/c1-14(2)24-12-4-9-19-17(22)13-20-10-11-21(18(20)23)16-7-5-15(3)6-8-16/h5-8,14H,4,9-13H2,1-3H3,(H,19,22). The highest BCUT2D eigenvalue weighted by molar-refractivity contribution is 5.96. The Hall–Kier alpha value is -2.08. The fraction of sp³-hybridized carbons (Fsp3) is 0.556. The Morgan fingerprint density at radius 2 is 1.96 bits per heavy atom. The lowest BCUT2D eigenvalue weighted by Gasteiger charge is -2.18. The quantitative estimate of drug-likeness (QED) is 0.742. The third kappa shape index (κ3) is 5.23. The van der Waals surface area contributed by atoms with Gasteiger partial charge in [-0.25, -0.2) is 4.79 Å². The van der Waals surface area contributed by atoms with E-state index in [9.17, 15) is 9.59 Å². The number of nitrogens with zero attached hydrogens (tertiary/aromatic N) is 2. The van der Waals surface area contributed by atoms with Crippen LogP contribution in [-0.2, 0) is 9.53 Å². The molecule has 0 atom stereocenters. The van der Waals surface area contributed by atoms with Gasteiger partial charge in [-0.1, -0.05) is 17.7 Å². The fourth-order valence-corrected chi connectivity index (χ4v) is 2.54. The lowest BCUT2D eigenvalue weighted by Crippen LogP contribution is -2.40. The minimum Gasteiger partial charge on any atom is -0.379 e. The molecule has 1 heterocycles. The van der Waals surface area contributed by atoms with E-state index in [4.69, 9.17) is 4.74 Å². The van der Waals surface area contributed by atoms with Crippen LogP contribution in [0.4, 0.5) is 10.5 Å². The van der Waals surface area contributed by atoms with Gasteiger partial charge in [-0.15, -0.1) is 0 Å². The number of urea groups is 1. The van der Waals surface area contributed by atoms with Crippen molar-refractivity contribution in [3.05, 3.63) is 29.8 Å². The number of ether oxygens (including phenoxy) is 1. The molecule has 0 bridgehead atoms. The largest absolute Gasteiger partial charge is 0.379 e. The first kappa shape index (κ1) is 18.3. The van der Waals surface area contributed by atoms with Crippen LogP contribution in [0, 0.1) is 6.92 Å². The molecule has 0 aliphatic carbocycles. The number of carbonyl (C=O) groups is 2. The van der Waals surface area contributed by atoms with Gasteiger partial charge in [0.25, 0.3) is 0 Å². The highest BCUT2D eigenvalue weighted by atomic mass is 16.5. The van der Waals surface area contributed by atoms with Gasteiger partial charge in [0.05, 0.1) is 6.10 Å². The minimum absolute atomic E-state index is 0.103. The molecule has 0 aromatic heterocycles. The zero-order valence-corrected chi connectivity index (χ0v) is 14.7. The highest BCUT2D eigenvalue weighted by Crippen LogP contribution is 2.20. The molecule has 0 saturated carbocycles. The molecule has 0 unspecified atom stereocenters. The van der Waals surface area contributed by atoms with Crippen LogP contribution in [0.2, 0.25) is 0 Å². The summed E-state index contributed by atoms with van der Waals surface area (Å²) in [6.45, 7) is 8.45. The van der Waals surface area contributed by atoms with E-state index in [1.54, 1.807) is 9.80 Å². The summed E-state index contributed by atoms with van der Waals surface area (Å²) in [5, 5.41) is 2.83. The Morgan fingerprint density at radius 3 is 2.62 bits per heavy atom. The molecule has 1 aromatic rings. The van der Waals surface area contributed by atoms with Crippen LogP contribution in [0.25, 0.3) is 0 Å². The Morgan fingerprint density at radius 1 is 1.25 bits per heavy atom. The van der Waals surface area contributed by atoms with E-state index in [1.807, 2.05) is 45.0 Å². The topological polar surface area (TPSA) is 61.9 Å². The maximum Gasteiger partial charge on any atom is 0.325 e. The van der Waals surface area contributed by atoms with Crippen molar-refractivity contribution in [2.45, 2.75) is 33.3 Å². The van der Waals surface area contributed by atoms with Crippen molar-refractivity contribution in [1.82, 2.24) is 10.2 Å². The average molecular weight is 333 g/mol. The maximum atomic E-state index is 12.4. The third-order valence-electron chi connectivity index (χ3n) is 3.87. The summed E-state index contributed by atoms with van der Waals surface area (Å²) >= 11 is 0. The van der Waals surface area contributed by atoms with Gasteiger partial charge in [0.15, 0.2) is 0 Å². The van der Waals surface area contributed by atoms with E-state index < -0.39 is 0 Å². The number of rotatable bonds is 8. The molecule has 3 amide bonds. The smallest absolute Gasteiger partial charge is 0.325 e. The Labute approximate surface area is 143 Å².